The molecule has 3 nitrogen and oxygen atoms in total. The zero-order valence-electron chi connectivity index (χ0n) is 14.3. The predicted octanol–water partition coefficient (Wildman–Crippen LogP) is 3.90. The molecule has 0 aliphatic carbocycles. The molecular formula is C19H22F2N2OS. The molecule has 0 aromatic heterocycles. The van der Waals surface area contributed by atoms with Crippen molar-refractivity contribution in [2.75, 3.05) is 20.6 Å². The van der Waals surface area contributed by atoms with Crippen molar-refractivity contribution in [3.8, 4) is 0 Å². The van der Waals surface area contributed by atoms with Gasteiger partial charge in [-0.2, -0.15) is 8.78 Å². The summed E-state index contributed by atoms with van der Waals surface area (Å²) in [6, 6.07) is 16.5. The molecule has 0 aliphatic heterocycles. The van der Waals surface area contributed by atoms with Gasteiger partial charge in [0.05, 0.1) is 0 Å². The number of amides is 1. The summed E-state index contributed by atoms with van der Waals surface area (Å²) in [7, 11) is 3.96. The van der Waals surface area contributed by atoms with Crippen molar-refractivity contribution < 1.29 is 13.6 Å². The number of rotatable bonds is 8. The molecular weight excluding hydrogens is 342 g/mol. The molecule has 0 heterocycles. The summed E-state index contributed by atoms with van der Waals surface area (Å²) in [5.74, 6) is -2.66. The maximum atomic E-state index is 12.3. The van der Waals surface area contributed by atoms with Crippen LogP contribution in [0.1, 0.15) is 15.9 Å². The summed E-state index contributed by atoms with van der Waals surface area (Å²) in [6.45, 7) is 0.508. The Morgan fingerprint density at radius 2 is 1.72 bits per heavy atom. The van der Waals surface area contributed by atoms with Crippen LogP contribution in [-0.4, -0.2) is 43.2 Å². The van der Waals surface area contributed by atoms with Crippen LogP contribution in [0.4, 0.5) is 8.78 Å². The predicted molar refractivity (Wildman–Crippen MR) is 98.3 cm³/mol. The summed E-state index contributed by atoms with van der Waals surface area (Å²) in [5.41, 5.74) is 1.68. The molecule has 0 spiro atoms. The first-order valence-corrected chi connectivity index (χ1v) is 8.87. The van der Waals surface area contributed by atoms with E-state index in [1.165, 1.54) is 5.56 Å². The van der Waals surface area contributed by atoms with Crippen LogP contribution in [0.3, 0.4) is 0 Å². The standard InChI is InChI=1S/C19H22F2N2OS/c1-23(2)16(12-14-6-4-3-5-7-14)13-22-18(24)15-8-10-17(11-9-15)25-19(20)21/h3-11,16,19H,12-13H2,1-2H3,(H,22,24). The van der Waals surface area contributed by atoms with Crippen molar-refractivity contribution >= 4 is 17.7 Å². The lowest BCUT2D eigenvalue weighted by Gasteiger charge is -2.24. The molecule has 2 rings (SSSR count). The fourth-order valence-corrected chi connectivity index (χ4v) is 2.92. The Labute approximate surface area is 151 Å². The van der Waals surface area contributed by atoms with Crippen molar-refractivity contribution in [2.45, 2.75) is 23.1 Å². The molecule has 2 aromatic carbocycles. The normalized spacial score (nSPS) is 12.4. The summed E-state index contributed by atoms with van der Waals surface area (Å²) < 4.78 is 24.6. The monoisotopic (exact) mass is 364 g/mol. The SMILES string of the molecule is CN(C)C(CNC(=O)c1ccc(SC(F)F)cc1)Cc1ccccc1. The molecule has 25 heavy (non-hydrogen) atoms. The topological polar surface area (TPSA) is 32.3 Å². The second-order valence-corrected chi connectivity index (χ2v) is 6.98. The van der Waals surface area contributed by atoms with E-state index >= 15 is 0 Å². The van der Waals surface area contributed by atoms with Crippen LogP contribution in [0.25, 0.3) is 0 Å². The minimum Gasteiger partial charge on any atom is -0.350 e. The molecule has 1 atom stereocenters. The van der Waals surface area contributed by atoms with Gasteiger partial charge in [-0.1, -0.05) is 42.1 Å². The number of nitrogens with zero attached hydrogens (tertiary/aromatic N) is 1. The average Bonchev–Trinajstić information content (AvgIpc) is 2.59. The number of alkyl halides is 2. The highest BCUT2D eigenvalue weighted by Crippen LogP contribution is 2.25. The van der Waals surface area contributed by atoms with E-state index in [0.29, 0.717) is 28.8 Å². The Kier molecular flexibility index (Phi) is 7.40. The van der Waals surface area contributed by atoms with E-state index in [2.05, 4.69) is 22.3 Å². The summed E-state index contributed by atoms with van der Waals surface area (Å²) in [5, 5.41) is 2.93. The maximum absolute atomic E-state index is 12.3. The smallest absolute Gasteiger partial charge is 0.288 e. The Bertz CT molecular complexity index is 663. The number of hydrogen-bond acceptors (Lipinski definition) is 3. The molecule has 0 saturated heterocycles. The molecule has 1 unspecified atom stereocenters. The van der Waals surface area contributed by atoms with Gasteiger partial charge in [0.15, 0.2) is 0 Å². The van der Waals surface area contributed by atoms with E-state index in [0.717, 1.165) is 6.42 Å². The highest BCUT2D eigenvalue weighted by Gasteiger charge is 2.15. The summed E-state index contributed by atoms with van der Waals surface area (Å²) in [6.07, 6.45) is 0.831. The first-order chi connectivity index (χ1) is 12.0. The van der Waals surface area contributed by atoms with E-state index in [1.54, 1.807) is 24.3 Å². The second kappa shape index (κ2) is 9.53. The van der Waals surface area contributed by atoms with Crippen molar-refractivity contribution in [3.05, 3.63) is 65.7 Å². The number of likely N-dealkylation sites (N-methyl/N-ethyl adjacent to an activating group) is 1. The number of benzene rings is 2. The van der Waals surface area contributed by atoms with Crippen molar-refractivity contribution in [3.63, 3.8) is 0 Å². The van der Waals surface area contributed by atoms with Crippen LogP contribution in [0.2, 0.25) is 0 Å². The lowest BCUT2D eigenvalue weighted by molar-refractivity contribution is 0.0941. The number of thioether (sulfide) groups is 1. The van der Waals surface area contributed by atoms with Gasteiger partial charge in [-0.15, -0.1) is 0 Å². The minimum atomic E-state index is -2.46. The Hall–Kier alpha value is -1.92. The molecule has 1 N–H and O–H groups in total. The first-order valence-electron chi connectivity index (χ1n) is 7.99. The molecule has 0 radical (unpaired) electrons. The molecule has 134 valence electrons. The van der Waals surface area contributed by atoms with Gasteiger partial charge in [-0.05, 0) is 50.3 Å². The van der Waals surface area contributed by atoms with E-state index in [4.69, 9.17) is 0 Å². The molecule has 0 aliphatic rings. The molecule has 2 aromatic rings. The van der Waals surface area contributed by atoms with Crippen molar-refractivity contribution in [1.82, 2.24) is 10.2 Å². The van der Waals surface area contributed by atoms with Crippen LogP contribution in [0.5, 0.6) is 0 Å². The average molecular weight is 364 g/mol. The maximum Gasteiger partial charge on any atom is 0.288 e. The lowest BCUT2D eigenvalue weighted by Crippen LogP contribution is -2.41. The number of carbonyl (C=O) groups excluding carboxylic acids is 1. The number of halogens is 2. The second-order valence-electron chi connectivity index (χ2n) is 5.92. The van der Waals surface area contributed by atoms with Gasteiger partial charge >= 0.3 is 0 Å². The minimum absolute atomic E-state index is 0.167. The van der Waals surface area contributed by atoms with E-state index in [1.807, 2.05) is 32.3 Å². The van der Waals surface area contributed by atoms with Crippen molar-refractivity contribution in [1.29, 1.82) is 0 Å². The van der Waals surface area contributed by atoms with Crippen LogP contribution >= 0.6 is 11.8 Å². The van der Waals surface area contributed by atoms with Gasteiger partial charge in [-0.3, -0.25) is 4.79 Å². The number of hydrogen-bond donors (Lipinski definition) is 1. The molecule has 0 saturated carbocycles. The van der Waals surface area contributed by atoms with Crippen molar-refractivity contribution in [2.24, 2.45) is 0 Å². The fraction of sp³-hybridized carbons (Fsp3) is 0.316. The quantitative estimate of drug-likeness (QED) is 0.721. The zero-order valence-corrected chi connectivity index (χ0v) is 15.1. The van der Waals surface area contributed by atoms with E-state index in [-0.39, 0.29) is 11.9 Å². The summed E-state index contributed by atoms with van der Waals surface area (Å²) in [4.78, 5) is 14.8. The highest BCUT2D eigenvalue weighted by molar-refractivity contribution is 7.99. The van der Waals surface area contributed by atoms with Gasteiger partial charge in [0.25, 0.3) is 11.7 Å². The van der Waals surface area contributed by atoms with Crippen LogP contribution in [0.15, 0.2) is 59.5 Å². The van der Waals surface area contributed by atoms with Gasteiger partial charge in [-0.25, -0.2) is 0 Å². The number of carbonyl (C=O) groups is 1. The third-order valence-electron chi connectivity index (χ3n) is 3.88. The summed E-state index contributed by atoms with van der Waals surface area (Å²) >= 11 is 0.471. The van der Waals surface area contributed by atoms with Gasteiger partial charge in [0.2, 0.25) is 0 Å². The van der Waals surface area contributed by atoms with Crippen LogP contribution in [-0.2, 0) is 6.42 Å². The molecule has 0 fully saturated rings. The Morgan fingerprint density at radius 3 is 2.28 bits per heavy atom. The van der Waals surface area contributed by atoms with E-state index < -0.39 is 5.76 Å². The van der Waals surface area contributed by atoms with E-state index in [9.17, 15) is 13.6 Å². The molecule has 1 amide bonds. The third-order valence-corrected chi connectivity index (χ3v) is 4.61. The third kappa shape index (κ3) is 6.48. The Balaban J connectivity index is 1.92. The highest BCUT2D eigenvalue weighted by atomic mass is 32.2. The van der Waals surface area contributed by atoms with Crippen LogP contribution in [0, 0.1) is 0 Å². The van der Waals surface area contributed by atoms with Gasteiger partial charge in [0, 0.05) is 23.0 Å². The first kappa shape index (κ1) is 19.4. The largest absolute Gasteiger partial charge is 0.350 e. The Morgan fingerprint density at radius 1 is 1.08 bits per heavy atom. The van der Waals surface area contributed by atoms with Gasteiger partial charge in [0.1, 0.15) is 0 Å². The molecule has 0 bridgehead atoms. The van der Waals surface area contributed by atoms with Crippen LogP contribution < -0.4 is 5.32 Å². The lowest BCUT2D eigenvalue weighted by atomic mass is 10.1. The number of nitrogens with one attached hydrogen (secondary N) is 1. The fourth-order valence-electron chi connectivity index (χ4n) is 2.42. The molecule has 6 heteroatoms. The zero-order chi connectivity index (χ0) is 18.2. The van der Waals surface area contributed by atoms with Gasteiger partial charge < -0.3 is 10.2 Å².